The van der Waals surface area contributed by atoms with Gasteiger partial charge in [-0.05, 0) is 73.2 Å². The second-order valence-corrected chi connectivity index (χ2v) is 6.46. The Balaban J connectivity index is 1.65. The quantitative estimate of drug-likeness (QED) is 0.482. The standard InChI is InChI=1S/C17H19ClN4S2/c1-12-3-2-4-15(11-12)20-17(24)22-21-16(23)19-10-9-13-5-7-14(18)8-6-13/h2-8,11H,9-10H2,1H3,(H2,19,21,23)(H2,20,22,24). The molecule has 0 amide bonds. The lowest BCUT2D eigenvalue weighted by Crippen LogP contribution is -2.48. The maximum absolute atomic E-state index is 5.86. The van der Waals surface area contributed by atoms with Crippen LogP contribution in [0.25, 0.3) is 0 Å². The van der Waals surface area contributed by atoms with Crippen LogP contribution in [-0.2, 0) is 6.42 Å². The molecule has 0 atom stereocenters. The first kappa shape index (κ1) is 18.4. The van der Waals surface area contributed by atoms with E-state index in [1.807, 2.05) is 55.5 Å². The van der Waals surface area contributed by atoms with Gasteiger partial charge in [0.15, 0.2) is 10.2 Å². The van der Waals surface area contributed by atoms with Crippen LogP contribution in [-0.4, -0.2) is 16.8 Å². The van der Waals surface area contributed by atoms with Crippen molar-refractivity contribution in [2.24, 2.45) is 0 Å². The van der Waals surface area contributed by atoms with Crippen molar-refractivity contribution < 1.29 is 0 Å². The molecule has 0 radical (unpaired) electrons. The van der Waals surface area contributed by atoms with Gasteiger partial charge in [0.25, 0.3) is 0 Å². The zero-order valence-electron chi connectivity index (χ0n) is 13.2. The van der Waals surface area contributed by atoms with Crippen molar-refractivity contribution in [2.75, 3.05) is 11.9 Å². The third-order valence-corrected chi connectivity index (χ3v) is 3.88. The largest absolute Gasteiger partial charge is 0.361 e. The highest BCUT2D eigenvalue weighted by atomic mass is 35.5. The molecule has 2 rings (SSSR count). The molecule has 4 N–H and O–H groups in total. The van der Waals surface area contributed by atoms with E-state index < -0.39 is 0 Å². The fourth-order valence-electron chi connectivity index (χ4n) is 2.01. The van der Waals surface area contributed by atoms with E-state index in [0.717, 1.165) is 22.7 Å². The van der Waals surface area contributed by atoms with Crippen molar-refractivity contribution >= 4 is 51.9 Å². The van der Waals surface area contributed by atoms with E-state index in [9.17, 15) is 0 Å². The summed E-state index contributed by atoms with van der Waals surface area (Å²) < 4.78 is 0. The minimum Gasteiger partial charge on any atom is -0.361 e. The summed E-state index contributed by atoms with van der Waals surface area (Å²) >= 11 is 16.3. The monoisotopic (exact) mass is 378 g/mol. The van der Waals surface area contributed by atoms with Gasteiger partial charge in [-0.2, -0.15) is 0 Å². The summed E-state index contributed by atoms with van der Waals surface area (Å²) in [5.41, 5.74) is 9.00. The molecule has 0 aliphatic carbocycles. The first-order valence-electron chi connectivity index (χ1n) is 7.45. The third-order valence-electron chi connectivity index (χ3n) is 3.18. The van der Waals surface area contributed by atoms with E-state index in [4.69, 9.17) is 36.0 Å². The number of halogens is 1. The van der Waals surface area contributed by atoms with Gasteiger partial charge >= 0.3 is 0 Å². The number of nitrogens with one attached hydrogen (secondary N) is 4. The molecular weight excluding hydrogens is 360 g/mol. The topological polar surface area (TPSA) is 48.1 Å². The van der Waals surface area contributed by atoms with E-state index in [-0.39, 0.29) is 0 Å². The van der Waals surface area contributed by atoms with E-state index in [1.165, 1.54) is 5.56 Å². The molecule has 0 aliphatic rings. The number of hydrogen-bond donors (Lipinski definition) is 4. The van der Waals surface area contributed by atoms with Gasteiger partial charge in [0, 0.05) is 17.3 Å². The van der Waals surface area contributed by atoms with Crippen LogP contribution in [0.3, 0.4) is 0 Å². The number of hydrogen-bond acceptors (Lipinski definition) is 2. The van der Waals surface area contributed by atoms with Crippen LogP contribution in [0.15, 0.2) is 48.5 Å². The van der Waals surface area contributed by atoms with Gasteiger partial charge in [-0.1, -0.05) is 35.9 Å². The normalized spacial score (nSPS) is 9.92. The molecule has 0 aliphatic heterocycles. The van der Waals surface area contributed by atoms with Crippen LogP contribution in [0.2, 0.25) is 5.02 Å². The van der Waals surface area contributed by atoms with Crippen molar-refractivity contribution in [3.8, 4) is 0 Å². The highest BCUT2D eigenvalue weighted by Crippen LogP contribution is 2.10. The highest BCUT2D eigenvalue weighted by molar-refractivity contribution is 7.80. The van der Waals surface area contributed by atoms with E-state index in [0.29, 0.717) is 16.8 Å². The molecule has 2 aromatic carbocycles. The number of thiocarbonyl (C=S) groups is 2. The molecule has 0 spiro atoms. The fraction of sp³-hybridized carbons (Fsp3) is 0.176. The predicted molar refractivity (Wildman–Crippen MR) is 109 cm³/mol. The van der Waals surface area contributed by atoms with Crippen molar-refractivity contribution in [3.05, 3.63) is 64.7 Å². The maximum Gasteiger partial charge on any atom is 0.189 e. The van der Waals surface area contributed by atoms with Gasteiger partial charge in [0.2, 0.25) is 0 Å². The lowest BCUT2D eigenvalue weighted by atomic mass is 10.1. The van der Waals surface area contributed by atoms with Crippen LogP contribution >= 0.6 is 36.0 Å². The lowest BCUT2D eigenvalue weighted by Gasteiger charge is -2.14. The Kier molecular flexibility index (Phi) is 7.24. The van der Waals surface area contributed by atoms with Gasteiger partial charge in [-0.15, -0.1) is 0 Å². The second kappa shape index (κ2) is 9.42. The Labute approximate surface area is 158 Å². The van der Waals surface area contributed by atoms with Crippen molar-refractivity contribution in [2.45, 2.75) is 13.3 Å². The smallest absolute Gasteiger partial charge is 0.189 e. The number of aryl methyl sites for hydroxylation is 1. The molecule has 0 fully saturated rings. The SMILES string of the molecule is Cc1cccc(NC(=S)NNC(=S)NCCc2ccc(Cl)cc2)c1. The van der Waals surface area contributed by atoms with Gasteiger partial charge in [0.1, 0.15) is 0 Å². The minimum atomic E-state index is 0.447. The summed E-state index contributed by atoms with van der Waals surface area (Å²) in [4.78, 5) is 0. The molecule has 0 unspecified atom stereocenters. The first-order chi connectivity index (χ1) is 11.5. The molecule has 0 saturated heterocycles. The Morgan fingerprint density at radius 1 is 1.00 bits per heavy atom. The van der Waals surface area contributed by atoms with Crippen molar-refractivity contribution in [3.63, 3.8) is 0 Å². The Hall–Kier alpha value is -1.89. The average molecular weight is 379 g/mol. The molecule has 4 nitrogen and oxygen atoms in total. The fourth-order valence-corrected chi connectivity index (χ4v) is 2.46. The Morgan fingerprint density at radius 3 is 2.42 bits per heavy atom. The predicted octanol–water partition coefficient (Wildman–Crippen LogP) is 3.56. The van der Waals surface area contributed by atoms with Crippen LogP contribution in [0.5, 0.6) is 0 Å². The molecule has 0 aromatic heterocycles. The Bertz CT molecular complexity index is 704. The van der Waals surface area contributed by atoms with Crippen LogP contribution < -0.4 is 21.5 Å². The molecular formula is C17H19ClN4S2. The second-order valence-electron chi connectivity index (χ2n) is 5.21. The number of hydrazine groups is 1. The van der Waals surface area contributed by atoms with Crippen LogP contribution in [0, 0.1) is 6.92 Å². The molecule has 0 bridgehead atoms. The number of anilines is 1. The average Bonchev–Trinajstić information content (AvgIpc) is 2.55. The van der Waals surface area contributed by atoms with Crippen LogP contribution in [0.1, 0.15) is 11.1 Å². The molecule has 0 saturated carbocycles. The highest BCUT2D eigenvalue weighted by Gasteiger charge is 2.00. The van der Waals surface area contributed by atoms with Gasteiger partial charge < -0.3 is 10.6 Å². The first-order valence-corrected chi connectivity index (χ1v) is 8.64. The van der Waals surface area contributed by atoms with Crippen molar-refractivity contribution in [1.82, 2.24) is 16.2 Å². The van der Waals surface area contributed by atoms with Gasteiger partial charge in [0.05, 0.1) is 0 Å². The Morgan fingerprint density at radius 2 is 1.71 bits per heavy atom. The third kappa shape index (κ3) is 6.70. The lowest BCUT2D eigenvalue weighted by molar-refractivity contribution is 0.796. The maximum atomic E-state index is 5.86. The van der Waals surface area contributed by atoms with Crippen molar-refractivity contribution in [1.29, 1.82) is 0 Å². The summed E-state index contributed by atoms with van der Waals surface area (Å²) in [7, 11) is 0. The molecule has 2 aromatic rings. The summed E-state index contributed by atoms with van der Waals surface area (Å²) in [5.74, 6) is 0. The number of rotatable bonds is 4. The molecule has 126 valence electrons. The summed E-state index contributed by atoms with van der Waals surface area (Å²) in [6.07, 6.45) is 0.852. The van der Waals surface area contributed by atoms with E-state index >= 15 is 0 Å². The number of benzene rings is 2. The van der Waals surface area contributed by atoms with Crippen LogP contribution in [0.4, 0.5) is 5.69 Å². The molecule has 24 heavy (non-hydrogen) atoms. The molecule has 7 heteroatoms. The molecule has 0 heterocycles. The van der Waals surface area contributed by atoms with E-state index in [1.54, 1.807) is 0 Å². The zero-order chi connectivity index (χ0) is 17.4. The summed E-state index contributed by atoms with van der Waals surface area (Å²) in [6, 6.07) is 15.7. The summed E-state index contributed by atoms with van der Waals surface area (Å²) in [5, 5.41) is 7.86. The summed E-state index contributed by atoms with van der Waals surface area (Å²) in [6.45, 7) is 2.74. The van der Waals surface area contributed by atoms with E-state index in [2.05, 4.69) is 21.5 Å². The van der Waals surface area contributed by atoms with Gasteiger partial charge in [-0.25, -0.2) is 0 Å². The minimum absolute atomic E-state index is 0.447. The zero-order valence-corrected chi connectivity index (χ0v) is 15.6. The van der Waals surface area contributed by atoms with Gasteiger partial charge in [-0.3, -0.25) is 10.9 Å².